The van der Waals surface area contributed by atoms with Crippen molar-refractivity contribution in [3.8, 4) is 28.8 Å². The predicted molar refractivity (Wildman–Crippen MR) is 130 cm³/mol. The molecule has 1 aromatic carbocycles. The van der Waals surface area contributed by atoms with Crippen molar-refractivity contribution in [3.63, 3.8) is 0 Å². The Kier molecular flexibility index (Phi) is 5.19. The number of ketones is 1. The summed E-state index contributed by atoms with van der Waals surface area (Å²) in [6.07, 6.45) is 1.52. The van der Waals surface area contributed by atoms with Gasteiger partial charge in [-0.1, -0.05) is 30.3 Å². The normalized spacial score (nSPS) is 14.0. The molecule has 36 heavy (non-hydrogen) atoms. The van der Waals surface area contributed by atoms with E-state index in [4.69, 9.17) is 14.1 Å². The van der Waals surface area contributed by atoms with Crippen LogP contribution in [0, 0.1) is 6.92 Å². The third kappa shape index (κ3) is 3.48. The summed E-state index contributed by atoms with van der Waals surface area (Å²) in [5.41, 5.74) is 1.69. The van der Waals surface area contributed by atoms with Gasteiger partial charge in [-0.2, -0.15) is 9.97 Å². The Morgan fingerprint density at radius 1 is 1.06 bits per heavy atom. The summed E-state index contributed by atoms with van der Waals surface area (Å²) in [5, 5.41) is 22.1. The smallest absolute Gasteiger partial charge is 0.243 e. The number of aromatic hydroxyl groups is 2. The van der Waals surface area contributed by atoms with Crippen molar-refractivity contribution in [1.82, 2.24) is 24.5 Å². The van der Waals surface area contributed by atoms with E-state index < -0.39 is 17.4 Å². The summed E-state index contributed by atoms with van der Waals surface area (Å²) in [6, 6.07) is 12.1. The highest BCUT2D eigenvalue weighted by molar-refractivity contribution is 6.14. The predicted octanol–water partition coefficient (Wildman–Crippen LogP) is 3.19. The van der Waals surface area contributed by atoms with E-state index >= 15 is 0 Å². The van der Waals surface area contributed by atoms with Gasteiger partial charge in [0.25, 0.3) is 0 Å². The number of carbonyl (C=O) groups excluding carboxylic acids is 1. The van der Waals surface area contributed by atoms with Crippen molar-refractivity contribution < 1.29 is 24.2 Å². The second kappa shape index (κ2) is 8.54. The largest absolute Gasteiger partial charge is 0.503 e. The van der Waals surface area contributed by atoms with E-state index in [-0.39, 0.29) is 23.0 Å². The van der Waals surface area contributed by atoms with Crippen LogP contribution in [0.1, 0.15) is 21.9 Å². The number of aryl methyl sites for hydroxylation is 1. The lowest BCUT2D eigenvalue weighted by Gasteiger charge is -2.28. The molecule has 0 atom stereocenters. The third-order valence-electron chi connectivity index (χ3n) is 6.12. The maximum atomic E-state index is 13.5. The molecule has 3 N–H and O–H groups in total. The number of hydrogen-bond donors (Lipinski definition) is 3. The Bertz CT molecular complexity index is 1580. The van der Waals surface area contributed by atoms with Crippen molar-refractivity contribution in [3.05, 3.63) is 65.9 Å². The van der Waals surface area contributed by atoms with Crippen molar-refractivity contribution in [2.75, 3.05) is 31.2 Å². The number of H-pyrrole nitrogens is 1. The average Bonchev–Trinajstić information content (AvgIpc) is 3.62. The number of imidazole rings is 1. The molecule has 5 aromatic rings. The molecule has 0 aliphatic carbocycles. The quantitative estimate of drug-likeness (QED) is 0.319. The van der Waals surface area contributed by atoms with Crippen molar-refractivity contribution in [2.45, 2.75) is 6.92 Å². The maximum Gasteiger partial charge on any atom is 0.243 e. The molecule has 0 amide bonds. The Labute approximate surface area is 204 Å². The molecule has 11 nitrogen and oxygen atoms in total. The van der Waals surface area contributed by atoms with Gasteiger partial charge >= 0.3 is 0 Å². The van der Waals surface area contributed by atoms with Crippen LogP contribution in [0.25, 0.3) is 28.4 Å². The number of fused-ring (bicyclic) bond motifs is 1. The molecular weight excluding hydrogens is 464 g/mol. The minimum Gasteiger partial charge on any atom is -0.503 e. The van der Waals surface area contributed by atoms with Gasteiger partial charge in [0.2, 0.25) is 17.6 Å². The Morgan fingerprint density at radius 2 is 1.83 bits per heavy atom. The number of hydrogen-bond acceptors (Lipinski definition) is 9. The minimum atomic E-state index is -0.591. The van der Waals surface area contributed by atoms with E-state index in [2.05, 4.69) is 15.0 Å². The zero-order chi connectivity index (χ0) is 24.8. The lowest BCUT2D eigenvalue weighted by molar-refractivity contribution is 0.101. The van der Waals surface area contributed by atoms with Gasteiger partial charge in [-0.05, 0) is 24.6 Å². The van der Waals surface area contributed by atoms with Gasteiger partial charge in [0, 0.05) is 13.1 Å². The molecule has 0 unspecified atom stereocenters. The average molecular weight is 486 g/mol. The number of benzene rings is 1. The highest BCUT2D eigenvalue weighted by Crippen LogP contribution is 2.44. The fourth-order valence-electron chi connectivity index (χ4n) is 4.42. The van der Waals surface area contributed by atoms with Gasteiger partial charge in [0.1, 0.15) is 11.3 Å². The van der Waals surface area contributed by atoms with Gasteiger partial charge in [-0.25, -0.2) is 9.55 Å². The molecule has 5 heterocycles. The van der Waals surface area contributed by atoms with Gasteiger partial charge < -0.3 is 29.3 Å². The number of ether oxygens (including phenoxy) is 1. The molecule has 4 aromatic heterocycles. The van der Waals surface area contributed by atoms with Crippen molar-refractivity contribution in [1.29, 1.82) is 0 Å². The first-order chi connectivity index (χ1) is 17.5. The first-order valence-electron chi connectivity index (χ1n) is 11.4. The third-order valence-corrected chi connectivity index (χ3v) is 6.12. The highest BCUT2D eigenvalue weighted by atomic mass is 16.5. The number of anilines is 1. The Morgan fingerprint density at radius 3 is 2.56 bits per heavy atom. The second-order valence-corrected chi connectivity index (χ2v) is 8.38. The molecule has 1 fully saturated rings. The molecule has 11 heteroatoms. The van der Waals surface area contributed by atoms with E-state index in [1.807, 2.05) is 11.0 Å². The minimum absolute atomic E-state index is 0.0369. The van der Waals surface area contributed by atoms with E-state index in [0.717, 1.165) is 0 Å². The standard InChI is InChI=1S/C25H22N6O5/c1-14-7-8-16(36-14)20(32)17-19(15-5-3-2-4-6-15)31(24(34)21(17)33)25-28-22-18(26-13-27-22)23(29-25)30-9-11-35-12-10-30/h2-8,13,33-34H,9-12H2,1H3,(H,26,27,28,29). The van der Waals surface area contributed by atoms with Gasteiger partial charge in [0.05, 0.1) is 30.8 Å². The SMILES string of the molecule is Cc1ccc(C(=O)c2c(O)c(O)n(-c3nc(N4CCOCC4)c4[nH]cnc4n3)c2-c2ccccc2)o1. The lowest BCUT2D eigenvalue weighted by Crippen LogP contribution is -2.37. The molecule has 6 rings (SSSR count). The van der Waals surface area contributed by atoms with Crippen molar-refractivity contribution in [2.24, 2.45) is 0 Å². The Hall–Kier alpha value is -4.64. The molecule has 182 valence electrons. The van der Waals surface area contributed by atoms with Crippen LogP contribution in [0.2, 0.25) is 0 Å². The number of furan rings is 1. The number of aromatic nitrogens is 5. The van der Waals surface area contributed by atoms with Crippen LogP contribution in [0.3, 0.4) is 0 Å². The van der Waals surface area contributed by atoms with E-state index in [1.54, 1.807) is 37.3 Å². The summed E-state index contributed by atoms with van der Waals surface area (Å²) >= 11 is 0. The maximum absolute atomic E-state index is 13.5. The number of rotatable bonds is 5. The zero-order valence-electron chi connectivity index (χ0n) is 19.3. The van der Waals surface area contributed by atoms with E-state index in [1.165, 1.54) is 17.0 Å². The number of carbonyl (C=O) groups is 1. The second-order valence-electron chi connectivity index (χ2n) is 8.38. The molecule has 1 aliphatic heterocycles. The fraction of sp³-hybridized carbons (Fsp3) is 0.200. The number of nitrogens with zero attached hydrogens (tertiary/aromatic N) is 5. The van der Waals surface area contributed by atoms with Gasteiger partial charge in [0.15, 0.2) is 23.0 Å². The molecule has 1 saturated heterocycles. The molecule has 0 saturated carbocycles. The highest BCUT2D eigenvalue weighted by Gasteiger charge is 2.33. The molecule has 1 aliphatic rings. The van der Waals surface area contributed by atoms with E-state index in [9.17, 15) is 15.0 Å². The van der Waals surface area contributed by atoms with Gasteiger partial charge in [-0.15, -0.1) is 0 Å². The summed E-state index contributed by atoms with van der Waals surface area (Å²) in [5.74, 6) is -0.521. The Balaban J connectivity index is 1.62. The van der Waals surface area contributed by atoms with E-state index in [0.29, 0.717) is 54.6 Å². The zero-order valence-corrected chi connectivity index (χ0v) is 19.3. The molecule has 0 spiro atoms. The lowest BCUT2D eigenvalue weighted by atomic mass is 10.0. The molecule has 0 radical (unpaired) electrons. The monoisotopic (exact) mass is 486 g/mol. The van der Waals surface area contributed by atoms with Crippen molar-refractivity contribution >= 4 is 22.8 Å². The summed E-state index contributed by atoms with van der Waals surface area (Å²) in [7, 11) is 0. The van der Waals surface area contributed by atoms with Crippen LogP contribution in [-0.2, 0) is 4.74 Å². The first-order valence-corrected chi connectivity index (χ1v) is 11.4. The van der Waals surface area contributed by atoms with Crippen LogP contribution >= 0.6 is 0 Å². The summed E-state index contributed by atoms with van der Waals surface area (Å²) in [4.78, 5) is 32.2. The van der Waals surface area contributed by atoms with Crippen LogP contribution < -0.4 is 4.90 Å². The molecule has 0 bridgehead atoms. The van der Waals surface area contributed by atoms with Gasteiger partial charge in [-0.3, -0.25) is 4.79 Å². The van der Waals surface area contributed by atoms with Crippen LogP contribution in [0.4, 0.5) is 5.82 Å². The number of morpholine rings is 1. The fourth-order valence-corrected chi connectivity index (χ4v) is 4.42. The topological polar surface area (TPSA) is 143 Å². The number of aromatic amines is 1. The summed E-state index contributed by atoms with van der Waals surface area (Å²) in [6.45, 7) is 4.03. The molecular formula is C25H22N6O5. The number of nitrogens with one attached hydrogen (secondary N) is 1. The van der Waals surface area contributed by atoms with Crippen LogP contribution in [0.15, 0.2) is 53.2 Å². The van der Waals surface area contributed by atoms with Crippen LogP contribution in [-0.4, -0.2) is 66.8 Å². The van der Waals surface area contributed by atoms with Crippen LogP contribution in [0.5, 0.6) is 11.6 Å². The summed E-state index contributed by atoms with van der Waals surface area (Å²) < 4.78 is 12.3. The first kappa shape index (κ1) is 21.9.